The SMILES string of the molecule is CCOP(C)(=O)CC(c1cccc(OCc2ccc(-c3cc(OC)ncc3F)cc2CN(C(C)C)C(C)C)c1)C1CC1. The molecule has 8 heteroatoms. The van der Waals surface area contributed by atoms with E-state index in [0.29, 0.717) is 55.4 Å². The van der Waals surface area contributed by atoms with Crippen LogP contribution in [0, 0.1) is 11.7 Å². The van der Waals surface area contributed by atoms with Gasteiger partial charge in [0.15, 0.2) is 0 Å². The molecule has 0 amide bonds. The van der Waals surface area contributed by atoms with Gasteiger partial charge in [0, 0.05) is 43.1 Å². The Morgan fingerprint density at radius 1 is 1.05 bits per heavy atom. The van der Waals surface area contributed by atoms with Crippen LogP contribution in [0.5, 0.6) is 11.6 Å². The number of methoxy groups -OCH3 is 1. The highest BCUT2D eigenvalue weighted by Crippen LogP contribution is 2.53. The molecule has 0 spiro atoms. The third-order valence-corrected chi connectivity index (χ3v) is 9.90. The van der Waals surface area contributed by atoms with Gasteiger partial charge in [-0.3, -0.25) is 9.46 Å². The molecule has 0 radical (unpaired) electrons. The third kappa shape index (κ3) is 8.43. The number of rotatable bonds is 15. The minimum atomic E-state index is -2.67. The van der Waals surface area contributed by atoms with Crippen molar-refractivity contribution >= 4 is 7.37 Å². The Bertz CT molecular complexity index is 1380. The number of hydrogen-bond acceptors (Lipinski definition) is 6. The smallest absolute Gasteiger partial charge is 0.213 e. The van der Waals surface area contributed by atoms with Crippen molar-refractivity contribution in [2.45, 2.75) is 78.6 Å². The molecule has 1 heterocycles. The molecule has 228 valence electrons. The number of hydrogen-bond donors (Lipinski definition) is 0. The zero-order chi connectivity index (χ0) is 30.4. The van der Waals surface area contributed by atoms with E-state index in [1.54, 1.807) is 12.7 Å². The van der Waals surface area contributed by atoms with Crippen molar-refractivity contribution in [3.8, 4) is 22.8 Å². The fraction of sp³-hybridized carbons (Fsp3) is 0.500. The van der Waals surface area contributed by atoms with Gasteiger partial charge < -0.3 is 14.0 Å². The number of pyridine rings is 1. The fourth-order valence-corrected chi connectivity index (χ4v) is 7.57. The van der Waals surface area contributed by atoms with Crippen molar-refractivity contribution in [2.24, 2.45) is 5.92 Å². The highest BCUT2D eigenvalue weighted by molar-refractivity contribution is 7.58. The first-order valence-electron chi connectivity index (χ1n) is 15.0. The molecular weight excluding hydrogens is 550 g/mol. The van der Waals surface area contributed by atoms with Gasteiger partial charge in [-0.2, -0.15) is 0 Å². The maximum atomic E-state index is 14.8. The van der Waals surface area contributed by atoms with Crippen LogP contribution < -0.4 is 9.47 Å². The zero-order valence-electron chi connectivity index (χ0n) is 26.1. The fourth-order valence-electron chi connectivity index (χ4n) is 5.70. The molecule has 0 aliphatic heterocycles. The van der Waals surface area contributed by atoms with Gasteiger partial charge in [0.05, 0.1) is 19.9 Å². The van der Waals surface area contributed by atoms with Crippen LogP contribution in [0.3, 0.4) is 0 Å². The monoisotopic (exact) mass is 596 g/mol. The standard InChI is InChI=1S/C34H46FN2O4P/c1-8-41-42(7,38)22-32(25-12-13-25)26-10-9-11-30(17-26)40-21-28-15-14-27(31-18-34(39-6)36-19-33(31)35)16-29(28)20-37(23(2)3)24(4)5/h9-11,14-19,23-25,32H,8,12-13,20-22H2,1-7H3. The average Bonchev–Trinajstić information content (AvgIpc) is 3.79. The molecule has 42 heavy (non-hydrogen) atoms. The molecule has 0 saturated heterocycles. The van der Waals surface area contributed by atoms with Gasteiger partial charge in [0.25, 0.3) is 0 Å². The Balaban J connectivity index is 1.61. The van der Waals surface area contributed by atoms with Crippen molar-refractivity contribution in [3.05, 3.63) is 77.2 Å². The van der Waals surface area contributed by atoms with Crippen LogP contribution in [-0.2, 0) is 22.2 Å². The van der Waals surface area contributed by atoms with Gasteiger partial charge in [-0.1, -0.05) is 24.3 Å². The lowest BCUT2D eigenvalue weighted by atomic mass is 9.96. The predicted molar refractivity (Wildman–Crippen MR) is 168 cm³/mol. The third-order valence-electron chi connectivity index (χ3n) is 8.04. The van der Waals surface area contributed by atoms with Gasteiger partial charge in [-0.05, 0) is 99.7 Å². The van der Waals surface area contributed by atoms with E-state index in [4.69, 9.17) is 14.0 Å². The van der Waals surface area contributed by atoms with E-state index >= 15 is 0 Å². The van der Waals surface area contributed by atoms with Crippen molar-refractivity contribution in [3.63, 3.8) is 0 Å². The molecular formula is C34H46FN2O4P. The molecule has 4 rings (SSSR count). The van der Waals surface area contributed by atoms with Gasteiger partial charge in [0.1, 0.15) is 18.2 Å². The van der Waals surface area contributed by atoms with Gasteiger partial charge >= 0.3 is 0 Å². The molecule has 2 atom stereocenters. The molecule has 0 N–H and O–H groups in total. The Morgan fingerprint density at radius 2 is 1.79 bits per heavy atom. The lowest BCUT2D eigenvalue weighted by molar-refractivity contribution is 0.164. The summed E-state index contributed by atoms with van der Waals surface area (Å²) in [4.78, 5) is 6.41. The van der Waals surface area contributed by atoms with E-state index in [-0.39, 0.29) is 5.92 Å². The molecule has 3 aromatic rings. The van der Waals surface area contributed by atoms with Crippen LogP contribution in [0.2, 0.25) is 0 Å². The second kappa shape index (κ2) is 14.2. The average molecular weight is 597 g/mol. The Hall–Kier alpha value is -2.73. The molecule has 1 aromatic heterocycles. The number of nitrogens with zero attached hydrogens (tertiary/aromatic N) is 2. The summed E-state index contributed by atoms with van der Waals surface area (Å²) in [5.41, 5.74) is 4.51. The van der Waals surface area contributed by atoms with Gasteiger partial charge in [-0.25, -0.2) is 9.37 Å². The van der Waals surface area contributed by atoms with Crippen molar-refractivity contribution in [1.29, 1.82) is 0 Å². The van der Waals surface area contributed by atoms with E-state index in [0.717, 1.165) is 40.8 Å². The normalized spacial score (nSPS) is 15.7. The molecule has 2 aromatic carbocycles. The van der Waals surface area contributed by atoms with Crippen molar-refractivity contribution in [1.82, 2.24) is 9.88 Å². The summed E-state index contributed by atoms with van der Waals surface area (Å²) in [6.07, 6.45) is 4.07. The molecule has 6 nitrogen and oxygen atoms in total. The van der Waals surface area contributed by atoms with E-state index in [1.807, 2.05) is 31.2 Å². The summed E-state index contributed by atoms with van der Waals surface area (Å²) in [5.74, 6) is 1.50. The van der Waals surface area contributed by atoms with E-state index in [9.17, 15) is 8.96 Å². The second-order valence-corrected chi connectivity index (χ2v) is 14.6. The molecule has 1 saturated carbocycles. The van der Waals surface area contributed by atoms with Crippen LogP contribution in [0.4, 0.5) is 4.39 Å². The summed E-state index contributed by atoms with van der Waals surface area (Å²) in [7, 11) is -1.14. The van der Waals surface area contributed by atoms with Crippen LogP contribution in [-0.4, -0.2) is 48.5 Å². The van der Waals surface area contributed by atoms with Crippen molar-refractivity contribution in [2.75, 3.05) is 26.5 Å². The quantitative estimate of drug-likeness (QED) is 0.164. The predicted octanol–water partition coefficient (Wildman–Crippen LogP) is 8.53. The molecule has 1 aliphatic carbocycles. The van der Waals surface area contributed by atoms with Gasteiger partial charge in [0.2, 0.25) is 13.2 Å². The van der Waals surface area contributed by atoms with Crippen molar-refractivity contribution < 1.29 is 23.0 Å². The maximum absolute atomic E-state index is 14.8. The van der Waals surface area contributed by atoms with Crippen LogP contribution in [0.1, 0.15) is 70.1 Å². The number of ether oxygens (including phenoxy) is 2. The van der Waals surface area contributed by atoms with E-state index in [1.165, 1.54) is 13.3 Å². The van der Waals surface area contributed by atoms with Gasteiger partial charge in [-0.15, -0.1) is 0 Å². The number of benzene rings is 2. The number of halogens is 1. The first-order valence-corrected chi connectivity index (χ1v) is 17.3. The molecule has 0 bridgehead atoms. The summed E-state index contributed by atoms with van der Waals surface area (Å²) in [6, 6.07) is 16.5. The Kier molecular flexibility index (Phi) is 10.9. The Labute approximate surface area is 251 Å². The summed E-state index contributed by atoms with van der Waals surface area (Å²) in [6.45, 7) is 14.0. The Morgan fingerprint density at radius 3 is 2.43 bits per heavy atom. The lowest BCUT2D eigenvalue weighted by Gasteiger charge is -2.31. The first-order chi connectivity index (χ1) is 20.0. The summed E-state index contributed by atoms with van der Waals surface area (Å²) in [5, 5.41) is 0. The highest BCUT2D eigenvalue weighted by atomic mass is 31.2. The van der Waals surface area contributed by atoms with E-state index < -0.39 is 13.2 Å². The molecule has 1 fully saturated rings. The topological polar surface area (TPSA) is 60.9 Å². The lowest BCUT2D eigenvalue weighted by Crippen LogP contribution is -2.36. The minimum Gasteiger partial charge on any atom is -0.489 e. The number of aromatic nitrogens is 1. The summed E-state index contributed by atoms with van der Waals surface area (Å²) < 4.78 is 45.1. The zero-order valence-corrected chi connectivity index (χ0v) is 27.0. The molecule has 1 aliphatic rings. The first kappa shape index (κ1) is 32.2. The van der Waals surface area contributed by atoms with Crippen LogP contribution in [0.25, 0.3) is 11.1 Å². The van der Waals surface area contributed by atoms with E-state index in [2.05, 4.69) is 55.8 Å². The highest BCUT2D eigenvalue weighted by Gasteiger charge is 2.36. The van der Waals surface area contributed by atoms with Crippen LogP contribution >= 0.6 is 7.37 Å². The second-order valence-electron chi connectivity index (χ2n) is 12.0. The maximum Gasteiger partial charge on any atom is 0.213 e. The largest absolute Gasteiger partial charge is 0.489 e. The molecule has 2 unspecified atom stereocenters. The van der Waals surface area contributed by atoms with Crippen LogP contribution in [0.15, 0.2) is 54.7 Å². The minimum absolute atomic E-state index is 0.198. The summed E-state index contributed by atoms with van der Waals surface area (Å²) >= 11 is 0.